The molecule has 1 aromatic carbocycles. The van der Waals surface area contributed by atoms with Crippen LogP contribution in [-0.4, -0.2) is 13.0 Å². The van der Waals surface area contributed by atoms with Gasteiger partial charge in [0.2, 0.25) is 0 Å². The van der Waals surface area contributed by atoms with Crippen LogP contribution in [0.25, 0.3) is 0 Å². The molecule has 0 atom stereocenters. The fraction of sp³-hybridized carbons (Fsp3) is 0.333. The van der Waals surface area contributed by atoms with Gasteiger partial charge in [-0.1, -0.05) is 44.2 Å². The Bertz CT molecular complexity index is 334. The lowest BCUT2D eigenvalue weighted by Gasteiger charge is -1.99. The maximum atomic E-state index is 10.2. The molecule has 0 aliphatic heterocycles. The first-order valence-electron chi connectivity index (χ1n) is 4.34. The van der Waals surface area contributed by atoms with E-state index in [-0.39, 0.29) is 6.54 Å². The fourth-order valence-electron chi connectivity index (χ4n) is 0.770. The van der Waals surface area contributed by atoms with E-state index < -0.39 is 10.3 Å². The molecule has 0 aliphatic rings. The Morgan fingerprint density at radius 3 is 2.14 bits per heavy atom. The number of nitrogens with one attached hydrogen (secondary N) is 1. The smallest absolute Gasteiger partial charge is 0.273 e. The molecule has 0 unspecified atom stereocenters. The van der Waals surface area contributed by atoms with Gasteiger partial charge in [-0.2, -0.15) is 13.1 Å². The van der Waals surface area contributed by atoms with Gasteiger partial charge in [0.15, 0.2) is 0 Å². The summed E-state index contributed by atoms with van der Waals surface area (Å²) in [5.74, 6) is 0. The molecule has 0 saturated carbocycles. The Morgan fingerprint density at radius 1 is 1.21 bits per heavy atom. The maximum absolute atomic E-state index is 10.2. The van der Waals surface area contributed by atoms with Crippen LogP contribution in [0, 0.1) is 0 Å². The highest BCUT2D eigenvalue weighted by Crippen LogP contribution is 1.97. The Labute approximate surface area is 84.8 Å². The zero-order chi connectivity index (χ0) is 11.0. The molecule has 0 aliphatic carbocycles. The van der Waals surface area contributed by atoms with Crippen LogP contribution < -0.4 is 4.72 Å². The predicted molar refractivity (Wildman–Crippen MR) is 56.2 cm³/mol. The zero-order valence-electron chi connectivity index (χ0n) is 8.27. The van der Waals surface area contributed by atoms with Crippen LogP contribution in [0.2, 0.25) is 0 Å². The summed E-state index contributed by atoms with van der Waals surface area (Å²) < 4.78 is 30.8. The molecule has 0 saturated heterocycles. The average Bonchev–Trinajstić information content (AvgIpc) is 2.19. The Hall–Kier alpha value is -0.910. The Balaban J connectivity index is 0.000000791. The lowest BCUT2D eigenvalue weighted by molar-refractivity contribution is 0.467. The summed E-state index contributed by atoms with van der Waals surface area (Å²) in [7, 11) is -4.07. The molecule has 2 N–H and O–H groups in total. The third-order valence-corrected chi connectivity index (χ3v) is 1.81. The maximum Gasteiger partial charge on any atom is 0.333 e. The number of rotatable bonds is 3. The van der Waals surface area contributed by atoms with Gasteiger partial charge in [-0.25, -0.2) is 0 Å². The van der Waals surface area contributed by atoms with E-state index in [1.807, 2.05) is 24.6 Å². The van der Waals surface area contributed by atoms with Crippen molar-refractivity contribution in [3.63, 3.8) is 0 Å². The molecule has 0 fully saturated rings. The summed E-state index contributed by atoms with van der Waals surface area (Å²) in [5.41, 5.74) is 0.801. The fourth-order valence-corrected chi connectivity index (χ4v) is 1.12. The van der Waals surface area contributed by atoms with E-state index in [1.165, 1.54) is 0 Å². The second kappa shape index (κ2) is 6.53. The molecule has 1 aromatic rings. The van der Waals surface area contributed by atoms with Crippen LogP contribution in [0.5, 0.6) is 0 Å². The highest BCUT2D eigenvalue weighted by Gasteiger charge is 2.01. The number of hydrogen-bond donors (Lipinski definition) is 2. The van der Waals surface area contributed by atoms with Crippen LogP contribution in [0.1, 0.15) is 19.4 Å². The highest BCUT2D eigenvalue weighted by atomic mass is 32.2. The van der Waals surface area contributed by atoms with Gasteiger partial charge in [0.25, 0.3) is 0 Å². The van der Waals surface area contributed by atoms with Gasteiger partial charge in [0, 0.05) is 6.54 Å². The van der Waals surface area contributed by atoms with Gasteiger partial charge >= 0.3 is 10.3 Å². The molecule has 4 nitrogen and oxygen atoms in total. The van der Waals surface area contributed by atoms with E-state index in [1.54, 1.807) is 24.3 Å². The van der Waals surface area contributed by atoms with E-state index in [0.717, 1.165) is 5.56 Å². The first-order chi connectivity index (χ1) is 6.58. The third kappa shape index (κ3) is 6.59. The molecule has 0 radical (unpaired) electrons. The minimum atomic E-state index is -4.07. The van der Waals surface area contributed by atoms with Crippen molar-refractivity contribution in [2.75, 3.05) is 0 Å². The van der Waals surface area contributed by atoms with Gasteiger partial charge in [-0.3, -0.25) is 4.55 Å². The minimum Gasteiger partial charge on any atom is -0.273 e. The Morgan fingerprint density at radius 2 is 1.71 bits per heavy atom. The highest BCUT2D eigenvalue weighted by molar-refractivity contribution is 7.83. The van der Waals surface area contributed by atoms with Crippen LogP contribution in [0.4, 0.5) is 0 Å². The normalized spacial score (nSPS) is 10.2. The minimum absolute atomic E-state index is 0.111. The molecule has 0 bridgehead atoms. The van der Waals surface area contributed by atoms with Crippen LogP contribution in [0.3, 0.4) is 0 Å². The average molecular weight is 217 g/mol. The quantitative estimate of drug-likeness (QED) is 0.756. The van der Waals surface area contributed by atoms with Crippen molar-refractivity contribution in [2.24, 2.45) is 0 Å². The summed E-state index contributed by atoms with van der Waals surface area (Å²) in [6, 6.07) is 8.94. The van der Waals surface area contributed by atoms with Crippen LogP contribution in [0.15, 0.2) is 30.3 Å². The molecule has 1 rings (SSSR count). The molecular formula is C9H15NO3S. The summed E-state index contributed by atoms with van der Waals surface area (Å²) >= 11 is 0. The molecule has 0 amide bonds. The molecule has 0 aromatic heterocycles. The van der Waals surface area contributed by atoms with Crippen molar-refractivity contribution in [2.45, 2.75) is 20.4 Å². The molecule has 0 spiro atoms. The van der Waals surface area contributed by atoms with E-state index in [0.29, 0.717) is 0 Å². The topological polar surface area (TPSA) is 66.4 Å². The lowest BCUT2D eigenvalue weighted by atomic mass is 10.2. The van der Waals surface area contributed by atoms with Crippen LogP contribution >= 0.6 is 0 Å². The van der Waals surface area contributed by atoms with E-state index in [4.69, 9.17) is 4.55 Å². The zero-order valence-corrected chi connectivity index (χ0v) is 9.08. The summed E-state index contributed by atoms with van der Waals surface area (Å²) in [5, 5.41) is 0. The lowest BCUT2D eigenvalue weighted by Crippen LogP contribution is -2.21. The standard InChI is InChI=1S/C7H9NO3S.C2H6/c9-12(10,11)8-6-7-4-2-1-3-5-7;1-2/h1-5,8H,6H2,(H,9,10,11);1-2H3. The van der Waals surface area contributed by atoms with Crippen molar-refractivity contribution in [1.29, 1.82) is 0 Å². The number of benzene rings is 1. The van der Waals surface area contributed by atoms with E-state index >= 15 is 0 Å². The van der Waals surface area contributed by atoms with Crippen molar-refractivity contribution in [3.8, 4) is 0 Å². The van der Waals surface area contributed by atoms with Crippen LogP contribution in [-0.2, 0) is 16.8 Å². The summed E-state index contributed by atoms with van der Waals surface area (Å²) in [4.78, 5) is 0. The van der Waals surface area contributed by atoms with Gasteiger partial charge in [-0.05, 0) is 5.56 Å². The van der Waals surface area contributed by atoms with E-state index in [9.17, 15) is 8.42 Å². The summed E-state index contributed by atoms with van der Waals surface area (Å²) in [6.45, 7) is 4.11. The SMILES string of the molecule is CC.O=S(=O)(O)NCc1ccccc1. The molecule has 80 valence electrons. The second-order valence-corrected chi connectivity index (χ2v) is 3.52. The van der Waals surface area contributed by atoms with Gasteiger partial charge in [0.05, 0.1) is 0 Å². The van der Waals surface area contributed by atoms with Gasteiger partial charge in [0.1, 0.15) is 0 Å². The number of hydrogen-bond acceptors (Lipinski definition) is 2. The van der Waals surface area contributed by atoms with Crippen molar-refractivity contribution in [1.82, 2.24) is 4.72 Å². The van der Waals surface area contributed by atoms with E-state index in [2.05, 4.69) is 0 Å². The second-order valence-electron chi connectivity index (χ2n) is 2.28. The van der Waals surface area contributed by atoms with Crippen molar-refractivity contribution in [3.05, 3.63) is 35.9 Å². The van der Waals surface area contributed by atoms with Crippen molar-refractivity contribution >= 4 is 10.3 Å². The third-order valence-electron chi connectivity index (χ3n) is 1.30. The molecule has 14 heavy (non-hydrogen) atoms. The largest absolute Gasteiger partial charge is 0.333 e. The van der Waals surface area contributed by atoms with Gasteiger partial charge < -0.3 is 0 Å². The predicted octanol–water partition coefficient (Wildman–Crippen LogP) is 1.61. The molecular weight excluding hydrogens is 202 g/mol. The summed E-state index contributed by atoms with van der Waals surface area (Å²) in [6.07, 6.45) is 0. The Kier molecular flexibility index (Phi) is 6.11. The van der Waals surface area contributed by atoms with Crippen molar-refractivity contribution < 1.29 is 13.0 Å². The first-order valence-corrected chi connectivity index (χ1v) is 5.78. The monoisotopic (exact) mass is 217 g/mol. The van der Waals surface area contributed by atoms with Gasteiger partial charge in [-0.15, -0.1) is 0 Å². The first kappa shape index (κ1) is 13.1. The molecule has 5 heteroatoms. The molecule has 0 heterocycles.